The highest BCUT2D eigenvalue weighted by molar-refractivity contribution is 5.21. The van der Waals surface area contributed by atoms with Gasteiger partial charge in [0.25, 0.3) is 0 Å². The minimum Gasteiger partial charge on any atom is -0.103 e. The normalized spacial score (nSPS) is 26.6. The average Bonchev–Trinajstić information content (AvgIpc) is 2.98. The summed E-state index contributed by atoms with van der Waals surface area (Å²) in [7, 11) is 0. The van der Waals surface area contributed by atoms with Crippen LogP contribution in [0.5, 0.6) is 0 Å². The molecular formula is C30H54. The molecule has 0 N–H and O–H groups in total. The van der Waals surface area contributed by atoms with Gasteiger partial charge in [-0.3, -0.25) is 0 Å². The van der Waals surface area contributed by atoms with Gasteiger partial charge in [0.05, 0.1) is 0 Å². The van der Waals surface area contributed by atoms with Crippen LogP contribution >= 0.6 is 0 Å². The zero-order chi connectivity index (χ0) is 22.7. The third-order valence-electron chi connectivity index (χ3n) is 7.66. The molecule has 1 aliphatic carbocycles. The topological polar surface area (TPSA) is 0 Å². The lowest BCUT2D eigenvalue weighted by molar-refractivity contribution is 0.331. The first-order valence-electron chi connectivity index (χ1n) is 13.1. The smallest absolute Gasteiger partial charge is 0.00769 e. The molecule has 0 saturated heterocycles. The summed E-state index contributed by atoms with van der Waals surface area (Å²) in [5.41, 5.74) is 3.47. The molecule has 1 rings (SSSR count). The first-order chi connectivity index (χ1) is 14.1. The highest BCUT2D eigenvalue weighted by Gasteiger charge is 2.42. The number of allylic oxidation sites excluding steroid dienone is 5. The molecule has 0 spiro atoms. The van der Waals surface area contributed by atoms with Gasteiger partial charge in [0.2, 0.25) is 0 Å². The van der Waals surface area contributed by atoms with Crippen LogP contribution in [0.4, 0.5) is 0 Å². The van der Waals surface area contributed by atoms with E-state index in [1.807, 2.05) is 0 Å². The minimum atomic E-state index is 0.253. The molecule has 1 fully saturated rings. The van der Waals surface area contributed by atoms with E-state index in [2.05, 4.69) is 80.2 Å². The molecule has 0 amide bonds. The fourth-order valence-electron chi connectivity index (χ4n) is 5.26. The van der Waals surface area contributed by atoms with E-state index in [0.717, 1.165) is 17.8 Å². The van der Waals surface area contributed by atoms with E-state index in [0.29, 0.717) is 11.8 Å². The zero-order valence-corrected chi connectivity index (χ0v) is 21.9. The van der Waals surface area contributed by atoms with Gasteiger partial charge in [0, 0.05) is 0 Å². The summed E-state index contributed by atoms with van der Waals surface area (Å²) >= 11 is 0. The van der Waals surface area contributed by atoms with E-state index in [1.54, 1.807) is 11.1 Å². The van der Waals surface area contributed by atoms with Crippen molar-refractivity contribution in [3.8, 4) is 0 Å². The van der Waals surface area contributed by atoms with Gasteiger partial charge in [-0.15, -0.1) is 6.58 Å². The SMILES string of the molecule is C=C[C@]1(C)CC[C@@H](/C(C)=C\CCC(C)C)[C@@H]1/C=C(\C)CCCC(C)CCCC(C)C. The summed E-state index contributed by atoms with van der Waals surface area (Å²) in [6, 6.07) is 0. The van der Waals surface area contributed by atoms with E-state index < -0.39 is 0 Å². The van der Waals surface area contributed by atoms with Crippen molar-refractivity contribution in [1.82, 2.24) is 0 Å². The number of hydrogen-bond acceptors (Lipinski definition) is 0. The monoisotopic (exact) mass is 414 g/mol. The maximum Gasteiger partial charge on any atom is -0.00769 e. The van der Waals surface area contributed by atoms with Crippen LogP contribution < -0.4 is 0 Å². The second-order valence-corrected chi connectivity index (χ2v) is 11.6. The van der Waals surface area contributed by atoms with Gasteiger partial charge in [0.1, 0.15) is 0 Å². The summed E-state index contributed by atoms with van der Waals surface area (Å²) in [4.78, 5) is 0. The van der Waals surface area contributed by atoms with Crippen molar-refractivity contribution in [3.63, 3.8) is 0 Å². The van der Waals surface area contributed by atoms with Gasteiger partial charge < -0.3 is 0 Å². The van der Waals surface area contributed by atoms with Crippen LogP contribution in [0.15, 0.2) is 36.0 Å². The second-order valence-electron chi connectivity index (χ2n) is 11.6. The lowest BCUT2D eigenvalue weighted by Crippen LogP contribution is -2.22. The first-order valence-corrected chi connectivity index (χ1v) is 13.1. The molecule has 4 atom stereocenters. The van der Waals surface area contributed by atoms with Crippen molar-refractivity contribution in [2.75, 3.05) is 0 Å². The molecule has 1 saturated carbocycles. The van der Waals surface area contributed by atoms with Crippen LogP contribution in [0.1, 0.15) is 120 Å². The van der Waals surface area contributed by atoms with Crippen molar-refractivity contribution in [3.05, 3.63) is 36.0 Å². The fourth-order valence-corrected chi connectivity index (χ4v) is 5.26. The van der Waals surface area contributed by atoms with E-state index in [-0.39, 0.29) is 5.41 Å². The van der Waals surface area contributed by atoms with Crippen LogP contribution in [0.2, 0.25) is 0 Å². The molecule has 0 aromatic heterocycles. The van der Waals surface area contributed by atoms with Gasteiger partial charge in [0.15, 0.2) is 0 Å². The molecule has 30 heavy (non-hydrogen) atoms. The van der Waals surface area contributed by atoms with Crippen molar-refractivity contribution in [1.29, 1.82) is 0 Å². The summed E-state index contributed by atoms with van der Waals surface area (Å²) in [5, 5.41) is 0. The molecule has 0 nitrogen and oxygen atoms in total. The van der Waals surface area contributed by atoms with Gasteiger partial charge in [-0.25, -0.2) is 0 Å². The van der Waals surface area contributed by atoms with Crippen LogP contribution in [-0.4, -0.2) is 0 Å². The molecule has 0 bridgehead atoms. The average molecular weight is 415 g/mol. The highest BCUT2D eigenvalue weighted by Crippen LogP contribution is 2.51. The van der Waals surface area contributed by atoms with Crippen LogP contribution in [0.3, 0.4) is 0 Å². The summed E-state index contributed by atoms with van der Waals surface area (Å²) in [5.74, 6) is 3.84. The van der Waals surface area contributed by atoms with Crippen LogP contribution in [0, 0.1) is 35.0 Å². The summed E-state index contributed by atoms with van der Waals surface area (Å²) < 4.78 is 0. The second kappa shape index (κ2) is 13.6. The Morgan fingerprint density at radius 3 is 2.20 bits per heavy atom. The quantitative estimate of drug-likeness (QED) is 0.248. The molecule has 0 aromatic rings. The standard InChI is InChI=1S/C30H54/c1-10-30(9)21-20-28(27(8)19-12-15-24(4)5)29(30)22-26(7)18-13-17-25(6)16-11-14-23(2)3/h10,19,22-25,28-29H,1,11-18,20-21H2,2-9H3/b26-22+,27-19-/t25?,28-,29-,30+/m0/s1. The van der Waals surface area contributed by atoms with Gasteiger partial charge in [-0.1, -0.05) is 96.6 Å². The van der Waals surface area contributed by atoms with Crippen molar-refractivity contribution in [2.24, 2.45) is 35.0 Å². The van der Waals surface area contributed by atoms with Crippen molar-refractivity contribution in [2.45, 2.75) is 120 Å². The lowest BCUT2D eigenvalue weighted by atomic mass is 9.74. The van der Waals surface area contributed by atoms with E-state index in [4.69, 9.17) is 0 Å². The Hall–Kier alpha value is -0.780. The Labute approximate surface area is 190 Å². The molecule has 0 heterocycles. The third-order valence-corrected chi connectivity index (χ3v) is 7.66. The van der Waals surface area contributed by atoms with E-state index in [9.17, 15) is 0 Å². The Morgan fingerprint density at radius 1 is 0.967 bits per heavy atom. The Morgan fingerprint density at radius 2 is 1.60 bits per heavy atom. The van der Waals surface area contributed by atoms with Crippen molar-refractivity contribution < 1.29 is 0 Å². The van der Waals surface area contributed by atoms with Gasteiger partial charge >= 0.3 is 0 Å². The summed E-state index contributed by atoms with van der Waals surface area (Å²) in [6.07, 6.45) is 20.7. The maximum absolute atomic E-state index is 4.23. The predicted molar refractivity (Wildman–Crippen MR) is 138 cm³/mol. The highest BCUT2D eigenvalue weighted by atomic mass is 14.5. The van der Waals surface area contributed by atoms with E-state index in [1.165, 1.54) is 64.2 Å². The lowest BCUT2D eigenvalue weighted by Gasteiger charge is -2.30. The minimum absolute atomic E-state index is 0.253. The fraction of sp³-hybridized carbons (Fsp3) is 0.800. The number of hydrogen-bond donors (Lipinski definition) is 0. The molecule has 0 aliphatic heterocycles. The van der Waals surface area contributed by atoms with Crippen LogP contribution in [0.25, 0.3) is 0 Å². The maximum atomic E-state index is 4.23. The Balaban J connectivity index is 2.66. The molecular weight excluding hydrogens is 360 g/mol. The largest absolute Gasteiger partial charge is 0.103 e. The Bertz CT molecular complexity index is 546. The summed E-state index contributed by atoms with van der Waals surface area (Å²) in [6.45, 7) is 23.2. The molecule has 0 radical (unpaired) electrons. The van der Waals surface area contributed by atoms with Gasteiger partial charge in [-0.05, 0) is 87.4 Å². The molecule has 0 heteroatoms. The predicted octanol–water partition coefficient (Wildman–Crippen LogP) is 10.2. The van der Waals surface area contributed by atoms with Crippen molar-refractivity contribution >= 4 is 0 Å². The molecule has 1 aliphatic rings. The molecule has 174 valence electrons. The van der Waals surface area contributed by atoms with Crippen LogP contribution in [-0.2, 0) is 0 Å². The first kappa shape index (κ1) is 27.3. The zero-order valence-electron chi connectivity index (χ0n) is 21.9. The van der Waals surface area contributed by atoms with E-state index >= 15 is 0 Å². The van der Waals surface area contributed by atoms with Gasteiger partial charge in [-0.2, -0.15) is 0 Å². The Kier molecular flexibility index (Phi) is 12.3. The third kappa shape index (κ3) is 9.57. The molecule has 1 unspecified atom stereocenters. The molecule has 0 aromatic carbocycles. The number of rotatable bonds is 14.